The van der Waals surface area contributed by atoms with Crippen LogP contribution in [0.25, 0.3) is 0 Å². The third-order valence-corrected chi connectivity index (χ3v) is 3.53. The molecular formula is C13H14FN3OS. The van der Waals surface area contributed by atoms with Crippen molar-refractivity contribution in [3.8, 4) is 0 Å². The number of nitrogens with one attached hydrogen (secondary N) is 1. The number of nitrogens with zero attached hydrogens (tertiary/aromatic N) is 2. The molecule has 0 aliphatic carbocycles. The first-order chi connectivity index (χ1) is 9.15. The molecule has 100 valence electrons. The Kier molecular flexibility index (Phi) is 4.57. The van der Waals surface area contributed by atoms with E-state index in [1.165, 1.54) is 23.9 Å². The molecule has 2 aromatic rings. The van der Waals surface area contributed by atoms with Crippen LogP contribution in [0, 0.1) is 5.82 Å². The molecule has 1 aromatic carbocycles. The van der Waals surface area contributed by atoms with Crippen molar-refractivity contribution in [3.05, 3.63) is 42.5 Å². The summed E-state index contributed by atoms with van der Waals surface area (Å²) in [6.45, 7) is 0. The Bertz CT molecular complexity index is 553. The van der Waals surface area contributed by atoms with Crippen LogP contribution in [0.1, 0.15) is 6.42 Å². The van der Waals surface area contributed by atoms with Crippen LogP contribution in [0.4, 0.5) is 10.1 Å². The molecule has 0 atom stereocenters. The number of hydrogen-bond donors (Lipinski definition) is 1. The molecule has 19 heavy (non-hydrogen) atoms. The second-order valence-electron chi connectivity index (χ2n) is 3.97. The molecule has 0 aliphatic rings. The minimum atomic E-state index is -0.316. The van der Waals surface area contributed by atoms with Gasteiger partial charge in [-0.1, -0.05) is 11.8 Å². The maximum atomic E-state index is 12.7. The highest BCUT2D eigenvalue weighted by Crippen LogP contribution is 2.16. The number of thioether (sulfide) groups is 1. The number of carbonyl (C=O) groups is 1. The van der Waals surface area contributed by atoms with Crippen molar-refractivity contribution < 1.29 is 9.18 Å². The van der Waals surface area contributed by atoms with Crippen molar-refractivity contribution in [2.24, 2.45) is 7.05 Å². The second-order valence-corrected chi connectivity index (χ2v) is 5.04. The molecule has 0 aliphatic heterocycles. The zero-order chi connectivity index (χ0) is 13.7. The summed E-state index contributed by atoms with van der Waals surface area (Å²) in [6, 6.07) is 5.72. The van der Waals surface area contributed by atoms with Crippen molar-refractivity contribution in [3.63, 3.8) is 0 Å². The Morgan fingerprint density at radius 1 is 1.42 bits per heavy atom. The summed E-state index contributed by atoms with van der Waals surface area (Å²) >= 11 is 1.53. The Morgan fingerprint density at radius 2 is 2.16 bits per heavy atom. The average molecular weight is 279 g/mol. The number of carbonyl (C=O) groups excluding carboxylic acids is 1. The van der Waals surface area contributed by atoms with Crippen LogP contribution in [0.3, 0.4) is 0 Å². The number of hydrogen-bond acceptors (Lipinski definition) is 3. The molecule has 4 nitrogen and oxygen atoms in total. The van der Waals surface area contributed by atoms with Gasteiger partial charge in [-0.15, -0.1) is 0 Å². The van der Waals surface area contributed by atoms with Gasteiger partial charge in [0.2, 0.25) is 5.91 Å². The normalized spacial score (nSPS) is 10.4. The molecule has 1 amide bonds. The van der Waals surface area contributed by atoms with Gasteiger partial charge in [-0.2, -0.15) is 0 Å². The summed E-state index contributed by atoms with van der Waals surface area (Å²) in [4.78, 5) is 15.8. The molecule has 0 saturated heterocycles. The van der Waals surface area contributed by atoms with Gasteiger partial charge in [-0.05, 0) is 24.3 Å². The second kappa shape index (κ2) is 6.38. The standard InChI is InChI=1S/C13H14FN3OS/c1-17-8-7-15-13(17)19-9-6-12(18)16-11-4-2-10(14)3-5-11/h2-5,7-8H,6,9H2,1H3,(H,16,18). The van der Waals surface area contributed by atoms with Gasteiger partial charge in [0.1, 0.15) is 5.82 Å². The van der Waals surface area contributed by atoms with Crippen molar-refractivity contribution in [1.82, 2.24) is 9.55 Å². The lowest BCUT2D eigenvalue weighted by Gasteiger charge is -2.05. The van der Waals surface area contributed by atoms with E-state index in [0.717, 1.165) is 5.16 Å². The lowest BCUT2D eigenvalue weighted by atomic mass is 10.3. The highest BCUT2D eigenvalue weighted by Gasteiger charge is 2.05. The Labute approximate surface area is 115 Å². The fourth-order valence-electron chi connectivity index (χ4n) is 1.48. The van der Waals surface area contributed by atoms with Crippen LogP contribution in [-0.4, -0.2) is 21.2 Å². The summed E-state index contributed by atoms with van der Waals surface area (Å²) in [5.41, 5.74) is 0.605. The number of amides is 1. The van der Waals surface area contributed by atoms with Crippen LogP contribution in [-0.2, 0) is 11.8 Å². The van der Waals surface area contributed by atoms with Crippen LogP contribution in [0.2, 0.25) is 0 Å². The van der Waals surface area contributed by atoms with E-state index in [4.69, 9.17) is 0 Å². The predicted molar refractivity (Wildman–Crippen MR) is 73.6 cm³/mol. The van der Waals surface area contributed by atoms with E-state index >= 15 is 0 Å². The highest BCUT2D eigenvalue weighted by atomic mass is 32.2. The molecule has 0 radical (unpaired) electrons. The SMILES string of the molecule is Cn1ccnc1SCCC(=O)Nc1ccc(F)cc1. The molecule has 0 saturated carbocycles. The Balaban J connectivity index is 1.76. The van der Waals surface area contributed by atoms with Crippen LogP contribution >= 0.6 is 11.8 Å². The summed E-state index contributed by atoms with van der Waals surface area (Å²) in [5, 5.41) is 3.60. The van der Waals surface area contributed by atoms with Gasteiger partial charge in [0.15, 0.2) is 5.16 Å². The third kappa shape index (κ3) is 4.10. The van der Waals surface area contributed by atoms with Gasteiger partial charge in [0, 0.05) is 37.3 Å². The molecule has 2 rings (SSSR count). The minimum Gasteiger partial charge on any atom is -0.329 e. The maximum absolute atomic E-state index is 12.7. The third-order valence-electron chi connectivity index (χ3n) is 2.47. The highest BCUT2D eigenvalue weighted by molar-refractivity contribution is 7.99. The van der Waals surface area contributed by atoms with Crippen LogP contribution in [0.15, 0.2) is 41.8 Å². The van der Waals surface area contributed by atoms with Crippen molar-refractivity contribution in [2.75, 3.05) is 11.1 Å². The Morgan fingerprint density at radius 3 is 2.79 bits per heavy atom. The monoisotopic (exact) mass is 279 g/mol. The van der Waals surface area contributed by atoms with Crippen LogP contribution < -0.4 is 5.32 Å². The number of benzene rings is 1. The number of halogens is 1. The molecular weight excluding hydrogens is 265 g/mol. The number of aryl methyl sites for hydroxylation is 1. The lowest BCUT2D eigenvalue weighted by molar-refractivity contribution is -0.115. The van der Waals surface area contributed by atoms with Gasteiger partial charge in [0.05, 0.1) is 0 Å². The topological polar surface area (TPSA) is 46.9 Å². The van der Waals surface area contributed by atoms with E-state index in [-0.39, 0.29) is 11.7 Å². The zero-order valence-electron chi connectivity index (χ0n) is 10.5. The first kappa shape index (κ1) is 13.6. The van der Waals surface area contributed by atoms with Crippen molar-refractivity contribution in [2.45, 2.75) is 11.6 Å². The molecule has 6 heteroatoms. The lowest BCUT2D eigenvalue weighted by Crippen LogP contribution is -2.12. The molecule has 1 N–H and O–H groups in total. The van der Waals surface area contributed by atoms with Crippen molar-refractivity contribution in [1.29, 1.82) is 0 Å². The van der Waals surface area contributed by atoms with E-state index < -0.39 is 0 Å². The number of aromatic nitrogens is 2. The summed E-state index contributed by atoms with van der Waals surface area (Å²) < 4.78 is 14.6. The van der Waals surface area contributed by atoms with Gasteiger partial charge < -0.3 is 9.88 Å². The van der Waals surface area contributed by atoms with E-state index in [1.54, 1.807) is 18.3 Å². The number of rotatable bonds is 5. The molecule has 0 fully saturated rings. The van der Waals surface area contributed by atoms with Gasteiger partial charge in [0.25, 0.3) is 0 Å². The quantitative estimate of drug-likeness (QED) is 0.856. The minimum absolute atomic E-state index is 0.0895. The summed E-state index contributed by atoms with van der Waals surface area (Å²) in [7, 11) is 1.91. The average Bonchev–Trinajstić information content (AvgIpc) is 2.78. The first-order valence-electron chi connectivity index (χ1n) is 5.80. The smallest absolute Gasteiger partial charge is 0.225 e. The van der Waals surface area contributed by atoms with Gasteiger partial charge in [-0.25, -0.2) is 9.37 Å². The van der Waals surface area contributed by atoms with E-state index in [9.17, 15) is 9.18 Å². The maximum Gasteiger partial charge on any atom is 0.225 e. The van der Waals surface area contributed by atoms with E-state index in [1.807, 2.05) is 17.8 Å². The summed E-state index contributed by atoms with van der Waals surface area (Å²) in [5.74, 6) is 0.245. The fourth-order valence-corrected chi connectivity index (χ4v) is 2.35. The van der Waals surface area contributed by atoms with Gasteiger partial charge in [-0.3, -0.25) is 4.79 Å². The van der Waals surface area contributed by atoms with E-state index in [2.05, 4.69) is 10.3 Å². The first-order valence-corrected chi connectivity index (χ1v) is 6.79. The molecule has 0 unspecified atom stereocenters. The van der Waals surface area contributed by atoms with Gasteiger partial charge >= 0.3 is 0 Å². The Hall–Kier alpha value is -1.82. The fraction of sp³-hybridized carbons (Fsp3) is 0.231. The molecule has 1 heterocycles. The zero-order valence-corrected chi connectivity index (χ0v) is 11.3. The summed E-state index contributed by atoms with van der Waals surface area (Å²) in [6.07, 6.45) is 3.97. The predicted octanol–water partition coefficient (Wildman–Crippen LogP) is 2.68. The van der Waals surface area contributed by atoms with E-state index in [0.29, 0.717) is 17.9 Å². The molecule has 0 bridgehead atoms. The van der Waals surface area contributed by atoms with Crippen molar-refractivity contribution >= 4 is 23.4 Å². The number of anilines is 1. The number of imidazole rings is 1. The molecule has 1 aromatic heterocycles. The molecule has 0 spiro atoms. The largest absolute Gasteiger partial charge is 0.329 e. The van der Waals surface area contributed by atoms with Crippen LogP contribution in [0.5, 0.6) is 0 Å².